The summed E-state index contributed by atoms with van der Waals surface area (Å²) >= 11 is 0. The molecule has 0 radical (unpaired) electrons. The topological polar surface area (TPSA) is 50.7 Å². The molecule has 0 fully saturated rings. The fraction of sp³-hybridized carbons (Fsp3) is 0.333. The molecule has 0 saturated heterocycles. The molecule has 1 N–H and O–H groups in total. The van der Waals surface area contributed by atoms with Crippen molar-refractivity contribution in [3.63, 3.8) is 0 Å². The zero-order valence-electron chi connectivity index (χ0n) is 9.50. The molecule has 1 aliphatic rings. The van der Waals surface area contributed by atoms with Gasteiger partial charge < -0.3 is 4.74 Å². The first-order valence-corrected chi connectivity index (χ1v) is 5.49. The van der Waals surface area contributed by atoms with Crippen LogP contribution in [0.2, 0.25) is 0 Å². The van der Waals surface area contributed by atoms with Gasteiger partial charge in [0.15, 0.2) is 0 Å². The summed E-state index contributed by atoms with van der Waals surface area (Å²) in [6, 6.07) is 4.29. The molecule has 0 spiro atoms. The summed E-state index contributed by atoms with van der Waals surface area (Å²) in [6.07, 6.45) is 0.978. The number of ether oxygens (including phenoxy) is 1. The Morgan fingerprint density at radius 2 is 2.41 bits per heavy atom. The molecular weight excluding hydrogens is 223 g/mol. The van der Waals surface area contributed by atoms with Crippen molar-refractivity contribution in [2.75, 3.05) is 6.61 Å². The van der Waals surface area contributed by atoms with E-state index >= 15 is 0 Å². The number of hydrazone groups is 1. The summed E-state index contributed by atoms with van der Waals surface area (Å²) in [4.78, 5) is 11.1. The molecule has 0 unspecified atom stereocenters. The van der Waals surface area contributed by atoms with Crippen LogP contribution < -0.4 is 10.2 Å². The maximum Gasteiger partial charge on any atom is 0.239 e. The smallest absolute Gasteiger partial charge is 0.239 e. The number of nitrogens with zero attached hydrogens (tertiary/aromatic N) is 1. The number of nitrogens with one attached hydrogen (secondary N) is 1. The van der Waals surface area contributed by atoms with Crippen LogP contribution in [0.5, 0.6) is 5.75 Å². The monoisotopic (exact) mass is 236 g/mol. The highest BCUT2D eigenvalue weighted by atomic mass is 19.1. The molecule has 0 aliphatic carbocycles. The van der Waals surface area contributed by atoms with E-state index in [-0.39, 0.29) is 11.7 Å². The number of carbonyl (C=O) groups is 1. The first kappa shape index (κ1) is 11.6. The predicted molar refractivity (Wildman–Crippen MR) is 61.5 cm³/mol. The van der Waals surface area contributed by atoms with Crippen LogP contribution in [-0.4, -0.2) is 18.2 Å². The standard InChI is InChI=1S/C12H13FN2O2/c1-2-12(16)15-14-10-5-6-17-11-7-8(13)3-4-9(10)11/h3-4,7H,2,5-6H2,1H3,(H,15,16)/b14-10-. The minimum atomic E-state index is -0.345. The number of halogens is 1. The summed E-state index contributed by atoms with van der Waals surface area (Å²) in [5.41, 5.74) is 3.90. The van der Waals surface area contributed by atoms with Crippen molar-refractivity contribution < 1.29 is 13.9 Å². The summed E-state index contributed by atoms with van der Waals surface area (Å²) in [7, 11) is 0. The van der Waals surface area contributed by atoms with Crippen LogP contribution in [0.25, 0.3) is 0 Å². The van der Waals surface area contributed by atoms with Crippen molar-refractivity contribution >= 4 is 11.6 Å². The molecular formula is C12H13FN2O2. The van der Waals surface area contributed by atoms with E-state index in [4.69, 9.17) is 4.74 Å². The second kappa shape index (κ2) is 4.95. The maximum absolute atomic E-state index is 13.0. The van der Waals surface area contributed by atoms with Crippen molar-refractivity contribution in [1.29, 1.82) is 0 Å². The van der Waals surface area contributed by atoms with Gasteiger partial charge >= 0.3 is 0 Å². The fourth-order valence-corrected chi connectivity index (χ4v) is 1.57. The van der Waals surface area contributed by atoms with Crippen molar-refractivity contribution in [3.05, 3.63) is 29.6 Å². The molecule has 1 aliphatic heterocycles. The Balaban J connectivity index is 2.25. The average molecular weight is 236 g/mol. The quantitative estimate of drug-likeness (QED) is 0.796. The highest BCUT2D eigenvalue weighted by Gasteiger charge is 2.17. The molecule has 4 nitrogen and oxygen atoms in total. The first-order valence-electron chi connectivity index (χ1n) is 5.49. The molecule has 1 amide bonds. The van der Waals surface area contributed by atoms with Gasteiger partial charge in [-0.15, -0.1) is 0 Å². The number of hydrogen-bond acceptors (Lipinski definition) is 3. The van der Waals surface area contributed by atoms with Crippen molar-refractivity contribution in [3.8, 4) is 5.75 Å². The average Bonchev–Trinajstić information content (AvgIpc) is 2.35. The van der Waals surface area contributed by atoms with Gasteiger partial charge in [-0.25, -0.2) is 9.82 Å². The molecule has 5 heteroatoms. The van der Waals surface area contributed by atoms with Crippen LogP contribution in [0, 0.1) is 5.82 Å². The number of benzene rings is 1. The minimum absolute atomic E-state index is 0.146. The van der Waals surface area contributed by atoms with Gasteiger partial charge in [-0.05, 0) is 12.1 Å². The molecule has 1 aromatic carbocycles. The van der Waals surface area contributed by atoms with Crippen molar-refractivity contribution in [1.82, 2.24) is 5.43 Å². The van der Waals surface area contributed by atoms with Crippen molar-refractivity contribution in [2.45, 2.75) is 19.8 Å². The van der Waals surface area contributed by atoms with E-state index < -0.39 is 0 Å². The molecule has 0 saturated carbocycles. The summed E-state index contributed by atoms with van der Waals surface area (Å²) in [6.45, 7) is 2.19. The van der Waals surface area contributed by atoms with E-state index in [1.807, 2.05) is 0 Å². The molecule has 0 atom stereocenters. The Bertz CT molecular complexity index is 472. The van der Waals surface area contributed by atoms with Crippen LogP contribution >= 0.6 is 0 Å². The van der Waals surface area contributed by atoms with E-state index in [0.717, 1.165) is 5.56 Å². The van der Waals surface area contributed by atoms with Crippen molar-refractivity contribution in [2.24, 2.45) is 5.10 Å². The van der Waals surface area contributed by atoms with E-state index in [1.54, 1.807) is 13.0 Å². The minimum Gasteiger partial charge on any atom is -0.492 e. The Morgan fingerprint density at radius 3 is 3.18 bits per heavy atom. The van der Waals surface area contributed by atoms with E-state index in [2.05, 4.69) is 10.5 Å². The zero-order valence-corrected chi connectivity index (χ0v) is 9.50. The zero-order chi connectivity index (χ0) is 12.3. The van der Waals surface area contributed by atoms with Gasteiger partial charge in [0.1, 0.15) is 11.6 Å². The lowest BCUT2D eigenvalue weighted by Crippen LogP contribution is -2.22. The second-order valence-corrected chi connectivity index (χ2v) is 3.69. The lowest BCUT2D eigenvalue weighted by atomic mass is 10.0. The molecule has 2 rings (SSSR count). The Kier molecular flexibility index (Phi) is 3.37. The molecule has 0 bridgehead atoms. The molecule has 17 heavy (non-hydrogen) atoms. The summed E-state index contributed by atoms with van der Waals surface area (Å²) < 4.78 is 18.3. The Morgan fingerprint density at radius 1 is 1.59 bits per heavy atom. The van der Waals surface area contributed by atoms with E-state index in [1.165, 1.54) is 12.1 Å². The third kappa shape index (κ3) is 2.61. The van der Waals surface area contributed by atoms with Gasteiger partial charge in [-0.3, -0.25) is 4.79 Å². The maximum atomic E-state index is 13.0. The SMILES string of the molecule is CCC(=O)N/N=C1/CCOc2cc(F)ccc21. The Hall–Kier alpha value is -1.91. The summed E-state index contributed by atoms with van der Waals surface area (Å²) in [5, 5.41) is 4.04. The molecule has 1 aromatic rings. The highest BCUT2D eigenvalue weighted by molar-refractivity contribution is 6.04. The lowest BCUT2D eigenvalue weighted by Gasteiger charge is -2.18. The summed E-state index contributed by atoms with van der Waals surface area (Å²) in [5.74, 6) is -0.0176. The highest BCUT2D eigenvalue weighted by Crippen LogP contribution is 2.25. The van der Waals surface area contributed by atoms with Gasteiger partial charge in [0.2, 0.25) is 5.91 Å². The van der Waals surface area contributed by atoms with Gasteiger partial charge in [0.25, 0.3) is 0 Å². The van der Waals surface area contributed by atoms with Crippen LogP contribution in [0.4, 0.5) is 4.39 Å². The first-order chi connectivity index (χ1) is 8.20. The van der Waals surface area contributed by atoms with Crippen LogP contribution in [-0.2, 0) is 4.79 Å². The van der Waals surface area contributed by atoms with Gasteiger partial charge in [0, 0.05) is 24.5 Å². The largest absolute Gasteiger partial charge is 0.492 e. The van der Waals surface area contributed by atoms with Gasteiger partial charge in [0.05, 0.1) is 12.3 Å². The lowest BCUT2D eigenvalue weighted by molar-refractivity contribution is -0.120. The normalized spacial score (nSPS) is 16.2. The van der Waals surface area contributed by atoms with Crippen LogP contribution in [0.15, 0.2) is 23.3 Å². The predicted octanol–water partition coefficient (Wildman–Crippen LogP) is 1.84. The van der Waals surface area contributed by atoms with Gasteiger partial charge in [-0.1, -0.05) is 6.92 Å². The number of amides is 1. The number of rotatable bonds is 2. The Labute approximate surface area is 98.5 Å². The number of carbonyl (C=O) groups excluding carboxylic acids is 1. The van der Waals surface area contributed by atoms with Crippen LogP contribution in [0.3, 0.4) is 0 Å². The van der Waals surface area contributed by atoms with E-state index in [0.29, 0.717) is 30.9 Å². The number of fused-ring (bicyclic) bond motifs is 1. The second-order valence-electron chi connectivity index (χ2n) is 3.69. The molecule has 1 heterocycles. The fourth-order valence-electron chi connectivity index (χ4n) is 1.57. The van der Waals surface area contributed by atoms with Gasteiger partial charge in [-0.2, -0.15) is 5.10 Å². The molecule has 0 aromatic heterocycles. The number of hydrogen-bond donors (Lipinski definition) is 1. The third-order valence-electron chi connectivity index (χ3n) is 2.49. The third-order valence-corrected chi connectivity index (χ3v) is 2.49. The van der Waals surface area contributed by atoms with Crippen LogP contribution in [0.1, 0.15) is 25.3 Å². The van der Waals surface area contributed by atoms with E-state index in [9.17, 15) is 9.18 Å². The molecule has 90 valence electrons.